The van der Waals surface area contributed by atoms with Crippen molar-refractivity contribution >= 4 is 29.3 Å². The summed E-state index contributed by atoms with van der Waals surface area (Å²) in [5.74, 6) is 0.489. The van der Waals surface area contributed by atoms with Crippen LogP contribution in [0, 0.1) is 6.92 Å². The zero-order chi connectivity index (χ0) is 18.6. The first-order valence-corrected chi connectivity index (χ1v) is 9.70. The quantitative estimate of drug-likeness (QED) is 0.678. The molecule has 0 unspecified atom stereocenters. The number of aryl methyl sites for hydroxylation is 1. The zero-order valence-electron chi connectivity index (χ0n) is 14.7. The Morgan fingerprint density at radius 3 is 2.52 bits per heavy atom. The second-order valence-electron chi connectivity index (χ2n) is 6.48. The molecule has 2 N–H and O–H groups in total. The van der Waals surface area contributed by atoms with Gasteiger partial charge in [-0.05, 0) is 59.2 Å². The highest BCUT2D eigenvalue weighted by molar-refractivity contribution is 7.99. The van der Waals surface area contributed by atoms with E-state index in [1.54, 1.807) is 6.07 Å². The molecule has 0 spiro atoms. The first-order chi connectivity index (χ1) is 11.8. The van der Waals surface area contributed by atoms with Crippen molar-refractivity contribution in [2.24, 2.45) is 0 Å². The number of rotatable bonds is 7. The fourth-order valence-electron chi connectivity index (χ4n) is 2.79. The minimum Gasteiger partial charge on any atom is -0.508 e. The number of carbonyl (C=O) groups is 1. The van der Waals surface area contributed by atoms with Gasteiger partial charge in [0.1, 0.15) is 5.75 Å². The Labute approximate surface area is 158 Å². The van der Waals surface area contributed by atoms with Gasteiger partial charge in [0.05, 0.1) is 5.75 Å². The summed E-state index contributed by atoms with van der Waals surface area (Å²) < 4.78 is 0. The van der Waals surface area contributed by atoms with Crippen LogP contribution in [0.1, 0.15) is 47.6 Å². The van der Waals surface area contributed by atoms with Gasteiger partial charge in [-0.15, -0.1) is 11.8 Å². The van der Waals surface area contributed by atoms with E-state index in [1.165, 1.54) is 11.8 Å². The molecular weight excluding hydrogens is 356 g/mol. The number of aliphatic carboxylic acids is 1. The summed E-state index contributed by atoms with van der Waals surface area (Å²) in [7, 11) is 0. The minimum absolute atomic E-state index is 0.0872. The maximum absolute atomic E-state index is 10.6. The van der Waals surface area contributed by atoms with Crippen LogP contribution in [0.4, 0.5) is 0 Å². The van der Waals surface area contributed by atoms with E-state index in [2.05, 4.69) is 19.9 Å². The molecular formula is C20H23ClO3S. The lowest BCUT2D eigenvalue weighted by molar-refractivity contribution is -0.133. The number of aromatic hydroxyl groups is 1. The van der Waals surface area contributed by atoms with Crippen LogP contribution in [0.2, 0.25) is 5.02 Å². The Bertz CT molecular complexity index is 749. The van der Waals surface area contributed by atoms with Gasteiger partial charge in [-0.3, -0.25) is 4.79 Å². The van der Waals surface area contributed by atoms with Crippen molar-refractivity contribution in [3.63, 3.8) is 0 Å². The van der Waals surface area contributed by atoms with E-state index in [9.17, 15) is 9.90 Å². The zero-order valence-corrected chi connectivity index (χ0v) is 16.2. The first kappa shape index (κ1) is 19.7. The van der Waals surface area contributed by atoms with E-state index in [0.29, 0.717) is 22.9 Å². The molecule has 2 rings (SSSR count). The van der Waals surface area contributed by atoms with Gasteiger partial charge in [0.25, 0.3) is 0 Å². The fraction of sp³-hybridized carbons (Fsp3) is 0.350. The van der Waals surface area contributed by atoms with Crippen molar-refractivity contribution in [1.82, 2.24) is 0 Å². The van der Waals surface area contributed by atoms with Gasteiger partial charge in [-0.1, -0.05) is 43.6 Å². The van der Waals surface area contributed by atoms with Gasteiger partial charge in [0.2, 0.25) is 0 Å². The van der Waals surface area contributed by atoms with E-state index < -0.39 is 5.97 Å². The molecule has 0 aliphatic heterocycles. The molecule has 0 bridgehead atoms. The number of hydrogen-bond donors (Lipinski definition) is 2. The Kier molecular flexibility index (Phi) is 6.79. The maximum Gasteiger partial charge on any atom is 0.313 e. The van der Waals surface area contributed by atoms with Crippen molar-refractivity contribution in [1.29, 1.82) is 0 Å². The number of phenolic OH excluding ortho intramolecular Hbond substituents is 1. The third kappa shape index (κ3) is 5.41. The van der Waals surface area contributed by atoms with Crippen molar-refractivity contribution in [3.8, 4) is 5.75 Å². The summed E-state index contributed by atoms with van der Waals surface area (Å²) in [4.78, 5) is 10.6. The lowest BCUT2D eigenvalue weighted by Gasteiger charge is -2.14. The van der Waals surface area contributed by atoms with Crippen LogP contribution in [0.3, 0.4) is 0 Å². The molecule has 0 aromatic heterocycles. The number of thioether (sulfide) groups is 1. The molecule has 0 saturated heterocycles. The van der Waals surface area contributed by atoms with Crippen molar-refractivity contribution in [2.75, 3.05) is 5.75 Å². The van der Waals surface area contributed by atoms with Crippen molar-refractivity contribution in [3.05, 3.63) is 63.2 Å². The van der Waals surface area contributed by atoms with E-state index in [-0.39, 0.29) is 11.7 Å². The molecule has 0 amide bonds. The normalized spacial score (nSPS) is 11.1. The molecule has 2 aromatic rings. The maximum atomic E-state index is 10.6. The molecule has 0 atom stereocenters. The predicted molar refractivity (Wildman–Crippen MR) is 105 cm³/mol. The van der Waals surface area contributed by atoms with E-state index in [1.807, 2.05) is 25.1 Å². The van der Waals surface area contributed by atoms with Crippen LogP contribution in [0.25, 0.3) is 0 Å². The molecule has 0 aliphatic rings. The smallest absolute Gasteiger partial charge is 0.313 e. The molecule has 3 nitrogen and oxygen atoms in total. The highest BCUT2D eigenvalue weighted by atomic mass is 35.5. The molecule has 2 aromatic carbocycles. The Morgan fingerprint density at radius 1 is 1.20 bits per heavy atom. The lowest BCUT2D eigenvalue weighted by atomic mass is 9.94. The molecule has 0 saturated carbocycles. The average molecular weight is 379 g/mol. The van der Waals surface area contributed by atoms with Gasteiger partial charge in [0, 0.05) is 10.8 Å². The van der Waals surface area contributed by atoms with Crippen LogP contribution in [-0.2, 0) is 17.0 Å². The summed E-state index contributed by atoms with van der Waals surface area (Å²) in [5, 5.41) is 19.4. The Hall–Kier alpha value is -1.65. The highest BCUT2D eigenvalue weighted by Gasteiger charge is 2.11. The summed E-state index contributed by atoms with van der Waals surface area (Å²) >= 11 is 7.85. The number of carboxylic acid groups (broad SMARTS) is 1. The second-order valence-corrected chi connectivity index (χ2v) is 7.88. The molecule has 5 heteroatoms. The van der Waals surface area contributed by atoms with E-state index >= 15 is 0 Å². The summed E-state index contributed by atoms with van der Waals surface area (Å²) in [6, 6.07) is 9.69. The SMILES string of the molecule is Cc1cc(CSCC(=O)O)cc(Cl)c1Cc1ccc(O)c(C(C)C)c1. The molecule has 0 fully saturated rings. The molecule has 134 valence electrons. The van der Waals surface area contributed by atoms with Crippen LogP contribution in [0.5, 0.6) is 5.75 Å². The number of halogens is 1. The van der Waals surface area contributed by atoms with Gasteiger partial charge >= 0.3 is 5.97 Å². The summed E-state index contributed by atoms with van der Waals surface area (Å²) in [5.41, 5.74) is 5.24. The van der Waals surface area contributed by atoms with Crippen LogP contribution < -0.4 is 0 Å². The first-order valence-electron chi connectivity index (χ1n) is 8.17. The lowest BCUT2D eigenvalue weighted by Crippen LogP contribution is -2.00. The van der Waals surface area contributed by atoms with Crippen LogP contribution in [0.15, 0.2) is 30.3 Å². The predicted octanol–water partition coefficient (Wildman–Crippen LogP) is 5.39. The monoisotopic (exact) mass is 378 g/mol. The molecule has 0 heterocycles. The van der Waals surface area contributed by atoms with Gasteiger partial charge in [-0.2, -0.15) is 0 Å². The third-order valence-electron chi connectivity index (χ3n) is 4.07. The standard InChI is InChI=1S/C20H23ClO3S/c1-12(2)16-7-14(4-5-19(16)22)8-17-13(3)6-15(9-18(17)21)10-25-11-20(23)24/h4-7,9,12,22H,8,10-11H2,1-3H3,(H,23,24). The highest BCUT2D eigenvalue weighted by Crippen LogP contribution is 2.30. The largest absolute Gasteiger partial charge is 0.508 e. The molecule has 0 aliphatic carbocycles. The van der Waals surface area contributed by atoms with Gasteiger partial charge in [0.15, 0.2) is 0 Å². The topological polar surface area (TPSA) is 57.5 Å². The minimum atomic E-state index is -0.808. The third-order valence-corrected chi connectivity index (χ3v) is 5.39. The summed E-state index contributed by atoms with van der Waals surface area (Å²) in [6.07, 6.45) is 0.702. The Morgan fingerprint density at radius 2 is 1.92 bits per heavy atom. The van der Waals surface area contributed by atoms with Crippen molar-refractivity contribution in [2.45, 2.75) is 38.9 Å². The average Bonchev–Trinajstić information content (AvgIpc) is 2.51. The fourth-order valence-corrected chi connectivity index (χ4v) is 3.82. The molecule has 25 heavy (non-hydrogen) atoms. The van der Waals surface area contributed by atoms with Crippen LogP contribution >= 0.6 is 23.4 Å². The van der Waals surface area contributed by atoms with Crippen molar-refractivity contribution < 1.29 is 15.0 Å². The number of carboxylic acids is 1. The summed E-state index contributed by atoms with van der Waals surface area (Å²) in [6.45, 7) is 6.14. The Balaban J connectivity index is 2.20. The number of benzene rings is 2. The number of phenols is 1. The molecule has 0 radical (unpaired) electrons. The van der Waals surface area contributed by atoms with Gasteiger partial charge in [-0.25, -0.2) is 0 Å². The van der Waals surface area contributed by atoms with E-state index in [0.717, 1.165) is 27.8 Å². The van der Waals surface area contributed by atoms with E-state index in [4.69, 9.17) is 16.7 Å². The number of hydrogen-bond acceptors (Lipinski definition) is 3. The van der Waals surface area contributed by atoms with Gasteiger partial charge < -0.3 is 10.2 Å². The second kappa shape index (κ2) is 8.63. The van der Waals surface area contributed by atoms with Crippen LogP contribution in [-0.4, -0.2) is 21.9 Å².